The van der Waals surface area contributed by atoms with Crippen LogP contribution in [0.15, 0.2) is 51.7 Å². The Hall–Kier alpha value is -3.08. The summed E-state index contributed by atoms with van der Waals surface area (Å²) in [4.78, 5) is 23.9. The van der Waals surface area contributed by atoms with Crippen LogP contribution in [0.3, 0.4) is 0 Å². The molecule has 0 aliphatic carbocycles. The Bertz CT molecular complexity index is 964. The number of ether oxygens (including phenoxy) is 1. The molecular weight excluding hydrogens is 308 g/mol. The third-order valence-electron chi connectivity index (χ3n) is 3.63. The molecule has 3 rings (SSSR count). The first-order chi connectivity index (χ1) is 11.4. The fourth-order valence-electron chi connectivity index (χ4n) is 2.66. The standard InChI is InChI=1S/C19H16O5/c1-11-5-12(2)7-13(6-11)19(22)23-10-14-8-18(21)24-17-9-15(20)3-4-16(14)17/h3-9,20H,10H2,1-2H3. The normalized spacial score (nSPS) is 10.8. The van der Waals surface area contributed by atoms with E-state index in [1.54, 1.807) is 18.2 Å². The van der Waals surface area contributed by atoms with Crippen molar-refractivity contribution in [1.82, 2.24) is 0 Å². The van der Waals surface area contributed by atoms with E-state index in [-0.39, 0.29) is 17.9 Å². The van der Waals surface area contributed by atoms with Gasteiger partial charge in [0.25, 0.3) is 0 Å². The lowest BCUT2D eigenvalue weighted by molar-refractivity contribution is 0.0473. The quantitative estimate of drug-likeness (QED) is 0.589. The van der Waals surface area contributed by atoms with Crippen molar-refractivity contribution < 1.29 is 19.1 Å². The van der Waals surface area contributed by atoms with Crippen LogP contribution in [-0.2, 0) is 11.3 Å². The zero-order chi connectivity index (χ0) is 17.3. The van der Waals surface area contributed by atoms with Gasteiger partial charge >= 0.3 is 11.6 Å². The van der Waals surface area contributed by atoms with Gasteiger partial charge in [0.15, 0.2) is 0 Å². The smallest absolute Gasteiger partial charge is 0.338 e. The van der Waals surface area contributed by atoms with Crippen LogP contribution in [0.25, 0.3) is 11.0 Å². The van der Waals surface area contributed by atoms with Crippen LogP contribution in [0.1, 0.15) is 27.0 Å². The van der Waals surface area contributed by atoms with E-state index in [0.717, 1.165) is 11.1 Å². The first-order valence-electron chi connectivity index (χ1n) is 7.43. The summed E-state index contributed by atoms with van der Waals surface area (Å²) in [5.41, 5.74) is 2.63. The summed E-state index contributed by atoms with van der Waals surface area (Å²) in [6.07, 6.45) is 0. The molecule has 24 heavy (non-hydrogen) atoms. The molecule has 0 radical (unpaired) electrons. The van der Waals surface area contributed by atoms with Crippen molar-refractivity contribution in [2.75, 3.05) is 0 Å². The van der Waals surface area contributed by atoms with E-state index in [1.807, 2.05) is 19.9 Å². The van der Waals surface area contributed by atoms with E-state index in [0.29, 0.717) is 16.5 Å². The molecule has 0 aliphatic rings. The van der Waals surface area contributed by atoms with Gasteiger partial charge in [0.1, 0.15) is 17.9 Å². The SMILES string of the molecule is Cc1cc(C)cc(C(=O)OCc2cc(=O)oc3cc(O)ccc23)c1. The fraction of sp³-hybridized carbons (Fsp3) is 0.158. The summed E-state index contributed by atoms with van der Waals surface area (Å²) >= 11 is 0. The van der Waals surface area contributed by atoms with Crippen LogP contribution in [0, 0.1) is 13.8 Å². The molecule has 0 bridgehead atoms. The number of aromatic hydroxyl groups is 1. The molecule has 3 aromatic rings. The molecule has 1 aromatic heterocycles. The van der Waals surface area contributed by atoms with E-state index < -0.39 is 11.6 Å². The predicted molar refractivity (Wildman–Crippen MR) is 89.2 cm³/mol. The van der Waals surface area contributed by atoms with Gasteiger partial charge in [-0.05, 0) is 38.1 Å². The average Bonchev–Trinajstić information content (AvgIpc) is 2.50. The van der Waals surface area contributed by atoms with Crippen molar-refractivity contribution in [1.29, 1.82) is 0 Å². The first-order valence-corrected chi connectivity index (χ1v) is 7.43. The highest BCUT2D eigenvalue weighted by atomic mass is 16.5. The minimum Gasteiger partial charge on any atom is -0.508 e. The number of fused-ring (bicyclic) bond motifs is 1. The van der Waals surface area contributed by atoms with Crippen LogP contribution in [0.4, 0.5) is 0 Å². The van der Waals surface area contributed by atoms with Gasteiger partial charge in [0, 0.05) is 23.1 Å². The van der Waals surface area contributed by atoms with Crippen molar-refractivity contribution in [3.8, 4) is 5.75 Å². The predicted octanol–water partition coefficient (Wildman–Crippen LogP) is 3.47. The largest absolute Gasteiger partial charge is 0.508 e. The molecule has 5 heteroatoms. The molecule has 5 nitrogen and oxygen atoms in total. The Labute approximate surface area is 138 Å². The van der Waals surface area contributed by atoms with Crippen molar-refractivity contribution in [2.24, 2.45) is 0 Å². The third-order valence-corrected chi connectivity index (χ3v) is 3.63. The first kappa shape index (κ1) is 15.8. The lowest BCUT2D eigenvalue weighted by Crippen LogP contribution is -2.08. The molecule has 0 spiro atoms. The highest BCUT2D eigenvalue weighted by molar-refractivity contribution is 5.90. The molecule has 1 N–H and O–H groups in total. The highest BCUT2D eigenvalue weighted by Gasteiger charge is 2.12. The van der Waals surface area contributed by atoms with Gasteiger partial charge in [-0.2, -0.15) is 0 Å². The van der Waals surface area contributed by atoms with E-state index in [1.165, 1.54) is 18.2 Å². The minimum atomic E-state index is -0.564. The number of benzene rings is 2. The second kappa shape index (κ2) is 6.20. The average molecular weight is 324 g/mol. The zero-order valence-corrected chi connectivity index (χ0v) is 13.3. The number of esters is 1. The minimum absolute atomic E-state index is 0.00460. The molecular formula is C19H16O5. The molecule has 0 amide bonds. The van der Waals surface area contributed by atoms with Gasteiger partial charge in [-0.25, -0.2) is 9.59 Å². The molecule has 0 saturated heterocycles. The molecule has 0 saturated carbocycles. The van der Waals surface area contributed by atoms with E-state index in [2.05, 4.69) is 0 Å². The van der Waals surface area contributed by atoms with Gasteiger partial charge in [0.2, 0.25) is 0 Å². The Kier molecular flexibility index (Phi) is 4.08. The Morgan fingerprint density at radius 2 is 1.79 bits per heavy atom. The molecule has 2 aromatic carbocycles. The maximum Gasteiger partial charge on any atom is 0.338 e. The monoisotopic (exact) mass is 324 g/mol. The van der Waals surface area contributed by atoms with Crippen LogP contribution in [0.2, 0.25) is 0 Å². The van der Waals surface area contributed by atoms with Gasteiger partial charge < -0.3 is 14.3 Å². The number of aryl methyl sites for hydroxylation is 2. The zero-order valence-electron chi connectivity index (χ0n) is 13.3. The van der Waals surface area contributed by atoms with Crippen LogP contribution < -0.4 is 5.63 Å². The van der Waals surface area contributed by atoms with Gasteiger partial charge in [0.05, 0.1) is 5.56 Å². The number of carbonyl (C=O) groups is 1. The van der Waals surface area contributed by atoms with Crippen molar-refractivity contribution in [2.45, 2.75) is 20.5 Å². The second-order valence-corrected chi connectivity index (χ2v) is 5.72. The highest BCUT2D eigenvalue weighted by Crippen LogP contribution is 2.22. The summed E-state index contributed by atoms with van der Waals surface area (Å²) < 4.78 is 10.4. The molecule has 122 valence electrons. The molecule has 0 aliphatic heterocycles. The lowest BCUT2D eigenvalue weighted by Gasteiger charge is -2.08. The van der Waals surface area contributed by atoms with Crippen molar-refractivity contribution >= 4 is 16.9 Å². The summed E-state index contributed by atoms with van der Waals surface area (Å²) in [5, 5.41) is 10.1. The Balaban J connectivity index is 1.88. The Morgan fingerprint density at radius 3 is 2.50 bits per heavy atom. The number of hydrogen-bond acceptors (Lipinski definition) is 5. The number of carbonyl (C=O) groups excluding carboxylic acids is 1. The maximum atomic E-state index is 12.2. The summed E-state index contributed by atoms with van der Waals surface area (Å²) in [6.45, 7) is 3.76. The topological polar surface area (TPSA) is 76.7 Å². The van der Waals surface area contributed by atoms with Crippen LogP contribution in [-0.4, -0.2) is 11.1 Å². The fourth-order valence-corrected chi connectivity index (χ4v) is 2.66. The lowest BCUT2D eigenvalue weighted by atomic mass is 10.1. The van der Waals surface area contributed by atoms with E-state index >= 15 is 0 Å². The molecule has 0 atom stereocenters. The molecule has 0 fully saturated rings. The number of hydrogen-bond donors (Lipinski definition) is 1. The number of phenolic OH excluding ortho intramolecular Hbond substituents is 1. The van der Waals surface area contributed by atoms with Gasteiger partial charge in [-0.1, -0.05) is 17.2 Å². The number of rotatable bonds is 3. The van der Waals surface area contributed by atoms with Crippen LogP contribution in [0.5, 0.6) is 5.75 Å². The number of phenols is 1. The van der Waals surface area contributed by atoms with Crippen LogP contribution >= 0.6 is 0 Å². The van der Waals surface area contributed by atoms with Crippen molar-refractivity contribution in [3.63, 3.8) is 0 Å². The Morgan fingerprint density at radius 1 is 1.08 bits per heavy atom. The van der Waals surface area contributed by atoms with Gasteiger partial charge in [-0.15, -0.1) is 0 Å². The third kappa shape index (κ3) is 3.30. The van der Waals surface area contributed by atoms with E-state index in [9.17, 15) is 14.7 Å². The maximum absolute atomic E-state index is 12.2. The second-order valence-electron chi connectivity index (χ2n) is 5.72. The summed E-state index contributed by atoms with van der Waals surface area (Å²) in [7, 11) is 0. The van der Waals surface area contributed by atoms with Crippen molar-refractivity contribution in [3.05, 3.63) is 75.1 Å². The van der Waals surface area contributed by atoms with E-state index in [4.69, 9.17) is 9.15 Å². The summed E-state index contributed by atoms with van der Waals surface area (Å²) in [5.74, 6) is -0.461. The summed E-state index contributed by atoms with van der Waals surface area (Å²) in [6, 6.07) is 11.2. The molecule has 0 unspecified atom stereocenters. The van der Waals surface area contributed by atoms with Gasteiger partial charge in [-0.3, -0.25) is 0 Å². The molecule has 1 heterocycles.